The fourth-order valence-corrected chi connectivity index (χ4v) is 1.89. The third kappa shape index (κ3) is 4.78. The summed E-state index contributed by atoms with van der Waals surface area (Å²) < 4.78 is 0. The maximum atomic E-state index is 11.3. The molecule has 0 aliphatic heterocycles. The smallest absolute Gasteiger partial charge is 0.237 e. The SMILES string of the molecule is CCCc1ccc(CCN(C)C(=O)CCl)cc1. The van der Waals surface area contributed by atoms with Crippen molar-refractivity contribution in [1.29, 1.82) is 0 Å². The topological polar surface area (TPSA) is 20.3 Å². The van der Waals surface area contributed by atoms with Crippen LogP contribution in [0.2, 0.25) is 0 Å². The van der Waals surface area contributed by atoms with Gasteiger partial charge in [0.05, 0.1) is 0 Å². The summed E-state index contributed by atoms with van der Waals surface area (Å²) in [6.45, 7) is 2.90. The zero-order valence-corrected chi connectivity index (χ0v) is 11.3. The lowest BCUT2D eigenvalue weighted by Crippen LogP contribution is -2.29. The number of carbonyl (C=O) groups is 1. The first kappa shape index (κ1) is 14.0. The highest BCUT2D eigenvalue weighted by Gasteiger charge is 2.06. The van der Waals surface area contributed by atoms with Crippen LogP contribution in [-0.4, -0.2) is 30.3 Å². The number of halogens is 1. The van der Waals surface area contributed by atoms with E-state index in [9.17, 15) is 4.79 Å². The highest BCUT2D eigenvalue weighted by atomic mass is 35.5. The average Bonchev–Trinajstić information content (AvgIpc) is 2.37. The molecule has 0 spiro atoms. The molecule has 1 aromatic rings. The molecule has 0 aliphatic rings. The molecule has 3 heteroatoms. The summed E-state index contributed by atoms with van der Waals surface area (Å²) in [5.74, 6) is 0.0423. The Kier molecular flexibility index (Phi) is 6.06. The number of amides is 1. The second-order valence-corrected chi connectivity index (χ2v) is 4.53. The highest BCUT2D eigenvalue weighted by molar-refractivity contribution is 6.27. The molecule has 1 aromatic carbocycles. The van der Waals surface area contributed by atoms with Gasteiger partial charge in [-0.05, 0) is 24.0 Å². The van der Waals surface area contributed by atoms with Crippen molar-refractivity contribution in [2.75, 3.05) is 19.5 Å². The molecule has 0 N–H and O–H groups in total. The molecule has 0 heterocycles. The highest BCUT2D eigenvalue weighted by Crippen LogP contribution is 2.07. The van der Waals surface area contributed by atoms with Crippen LogP contribution in [0.5, 0.6) is 0 Å². The molecule has 0 atom stereocenters. The van der Waals surface area contributed by atoms with E-state index in [4.69, 9.17) is 11.6 Å². The normalized spacial score (nSPS) is 10.3. The summed E-state index contributed by atoms with van der Waals surface area (Å²) in [4.78, 5) is 12.9. The van der Waals surface area contributed by atoms with E-state index >= 15 is 0 Å². The lowest BCUT2D eigenvalue weighted by Gasteiger charge is -2.15. The number of benzene rings is 1. The molecular formula is C14H20ClNO. The van der Waals surface area contributed by atoms with E-state index < -0.39 is 0 Å². The van der Waals surface area contributed by atoms with E-state index in [1.54, 1.807) is 11.9 Å². The number of nitrogens with zero attached hydrogens (tertiary/aromatic N) is 1. The predicted octanol–water partition coefficient (Wildman–Crippen LogP) is 2.88. The molecule has 2 nitrogen and oxygen atoms in total. The van der Waals surface area contributed by atoms with E-state index in [1.165, 1.54) is 17.5 Å². The molecular weight excluding hydrogens is 234 g/mol. The van der Waals surface area contributed by atoms with Gasteiger partial charge in [0.15, 0.2) is 0 Å². The number of hydrogen-bond donors (Lipinski definition) is 0. The van der Waals surface area contributed by atoms with E-state index in [-0.39, 0.29) is 11.8 Å². The summed E-state index contributed by atoms with van der Waals surface area (Å²) in [5.41, 5.74) is 2.64. The van der Waals surface area contributed by atoms with Gasteiger partial charge in [0.2, 0.25) is 5.91 Å². The van der Waals surface area contributed by atoms with Crippen molar-refractivity contribution in [2.24, 2.45) is 0 Å². The van der Waals surface area contributed by atoms with Crippen LogP contribution in [0, 0.1) is 0 Å². The molecule has 1 rings (SSSR count). The molecule has 0 fully saturated rings. The summed E-state index contributed by atoms with van der Waals surface area (Å²) >= 11 is 5.49. The monoisotopic (exact) mass is 253 g/mol. The molecule has 1 amide bonds. The number of carbonyl (C=O) groups excluding carboxylic acids is 1. The summed E-state index contributed by atoms with van der Waals surface area (Å²) in [7, 11) is 1.79. The largest absolute Gasteiger partial charge is 0.344 e. The number of hydrogen-bond acceptors (Lipinski definition) is 1. The van der Waals surface area contributed by atoms with Crippen LogP contribution in [0.4, 0.5) is 0 Å². The first-order valence-corrected chi connectivity index (χ1v) is 6.58. The summed E-state index contributed by atoms with van der Waals surface area (Å²) in [5, 5.41) is 0. The van der Waals surface area contributed by atoms with Crippen molar-refractivity contribution in [1.82, 2.24) is 4.90 Å². The molecule has 0 bridgehead atoms. The lowest BCUT2D eigenvalue weighted by atomic mass is 10.1. The van der Waals surface area contributed by atoms with Gasteiger partial charge >= 0.3 is 0 Å². The van der Waals surface area contributed by atoms with E-state index in [2.05, 4.69) is 31.2 Å². The summed E-state index contributed by atoms with van der Waals surface area (Å²) in [6.07, 6.45) is 3.18. The Balaban J connectivity index is 2.44. The molecule has 94 valence electrons. The maximum Gasteiger partial charge on any atom is 0.237 e. The van der Waals surface area contributed by atoms with Gasteiger partial charge in [-0.1, -0.05) is 37.6 Å². The van der Waals surface area contributed by atoms with Crippen molar-refractivity contribution in [2.45, 2.75) is 26.2 Å². The maximum absolute atomic E-state index is 11.3. The second kappa shape index (κ2) is 7.33. The Hall–Kier alpha value is -1.02. The minimum Gasteiger partial charge on any atom is -0.344 e. The number of rotatable bonds is 6. The van der Waals surface area contributed by atoms with Crippen molar-refractivity contribution in [3.8, 4) is 0 Å². The number of alkyl halides is 1. The standard InChI is InChI=1S/C14H20ClNO/c1-3-4-12-5-7-13(8-6-12)9-10-16(2)14(17)11-15/h5-8H,3-4,9-11H2,1-2H3. The van der Waals surface area contributed by atoms with Gasteiger partial charge in [0.1, 0.15) is 5.88 Å². The van der Waals surface area contributed by atoms with Crippen LogP contribution < -0.4 is 0 Å². The molecule has 0 aromatic heterocycles. The number of likely N-dealkylation sites (N-methyl/N-ethyl adjacent to an activating group) is 1. The minimum absolute atomic E-state index is 0.0192. The van der Waals surface area contributed by atoms with Crippen LogP contribution in [-0.2, 0) is 17.6 Å². The van der Waals surface area contributed by atoms with Crippen LogP contribution in [0.25, 0.3) is 0 Å². The van der Waals surface area contributed by atoms with Crippen molar-refractivity contribution < 1.29 is 4.79 Å². The zero-order valence-electron chi connectivity index (χ0n) is 10.6. The van der Waals surface area contributed by atoms with Gasteiger partial charge in [0, 0.05) is 13.6 Å². The van der Waals surface area contributed by atoms with Crippen molar-refractivity contribution in [3.05, 3.63) is 35.4 Å². The van der Waals surface area contributed by atoms with Gasteiger partial charge < -0.3 is 4.90 Å². The Bertz CT molecular complexity index is 348. The first-order valence-electron chi connectivity index (χ1n) is 6.05. The fourth-order valence-electron chi connectivity index (χ4n) is 1.68. The molecule has 0 aliphatic carbocycles. The van der Waals surface area contributed by atoms with Gasteiger partial charge in [-0.15, -0.1) is 11.6 Å². The second-order valence-electron chi connectivity index (χ2n) is 4.27. The first-order chi connectivity index (χ1) is 8.17. The zero-order chi connectivity index (χ0) is 12.7. The molecule has 0 unspecified atom stereocenters. The predicted molar refractivity (Wildman–Crippen MR) is 72.5 cm³/mol. The third-order valence-corrected chi connectivity index (χ3v) is 3.07. The van der Waals surface area contributed by atoms with E-state index in [0.29, 0.717) is 0 Å². The van der Waals surface area contributed by atoms with Gasteiger partial charge in [-0.25, -0.2) is 0 Å². The summed E-state index contributed by atoms with van der Waals surface area (Å²) in [6, 6.07) is 8.62. The number of aryl methyl sites for hydroxylation is 1. The average molecular weight is 254 g/mol. The van der Waals surface area contributed by atoms with Crippen LogP contribution in [0.3, 0.4) is 0 Å². The van der Waals surface area contributed by atoms with E-state index in [1.807, 2.05) is 0 Å². The lowest BCUT2D eigenvalue weighted by molar-refractivity contribution is -0.127. The van der Waals surface area contributed by atoms with Gasteiger partial charge in [-0.3, -0.25) is 4.79 Å². The van der Waals surface area contributed by atoms with Gasteiger partial charge in [-0.2, -0.15) is 0 Å². The van der Waals surface area contributed by atoms with Crippen molar-refractivity contribution >= 4 is 17.5 Å². The Morgan fingerprint density at radius 3 is 2.18 bits per heavy atom. The Morgan fingerprint density at radius 2 is 1.71 bits per heavy atom. The van der Waals surface area contributed by atoms with Crippen LogP contribution in [0.1, 0.15) is 24.5 Å². The Labute approximate surface area is 109 Å². The van der Waals surface area contributed by atoms with Crippen LogP contribution >= 0.6 is 11.6 Å². The Morgan fingerprint density at radius 1 is 1.18 bits per heavy atom. The molecule has 0 radical (unpaired) electrons. The quantitative estimate of drug-likeness (QED) is 0.714. The molecule has 17 heavy (non-hydrogen) atoms. The fraction of sp³-hybridized carbons (Fsp3) is 0.500. The van der Waals surface area contributed by atoms with Crippen molar-refractivity contribution in [3.63, 3.8) is 0 Å². The van der Waals surface area contributed by atoms with E-state index in [0.717, 1.165) is 19.4 Å². The third-order valence-electron chi connectivity index (χ3n) is 2.84. The van der Waals surface area contributed by atoms with Gasteiger partial charge in [0.25, 0.3) is 0 Å². The molecule has 0 saturated heterocycles. The molecule has 0 saturated carbocycles. The minimum atomic E-state index is -0.0192. The van der Waals surface area contributed by atoms with Crippen LogP contribution in [0.15, 0.2) is 24.3 Å².